The van der Waals surface area contributed by atoms with E-state index in [9.17, 15) is 19.7 Å². The van der Waals surface area contributed by atoms with Crippen molar-refractivity contribution in [2.75, 3.05) is 37.7 Å². The Labute approximate surface area is 184 Å². The lowest BCUT2D eigenvalue weighted by Gasteiger charge is -2.26. The van der Waals surface area contributed by atoms with Crippen molar-refractivity contribution in [2.24, 2.45) is 0 Å². The van der Waals surface area contributed by atoms with E-state index in [1.54, 1.807) is 18.2 Å². The van der Waals surface area contributed by atoms with E-state index in [2.05, 4.69) is 5.32 Å². The van der Waals surface area contributed by atoms with Crippen LogP contribution >= 0.6 is 0 Å². The Balaban J connectivity index is 1.28. The molecule has 0 aliphatic carbocycles. The van der Waals surface area contributed by atoms with Crippen LogP contribution < -0.4 is 19.7 Å². The molecule has 1 saturated heterocycles. The summed E-state index contributed by atoms with van der Waals surface area (Å²) in [5.74, 6) is -0.0661. The number of nitro benzene ring substituents is 1. The Kier molecular flexibility index (Phi) is 6.39. The molecule has 2 aliphatic rings. The maximum atomic E-state index is 12.3. The fourth-order valence-corrected chi connectivity index (χ4v) is 3.68. The highest BCUT2D eigenvalue weighted by atomic mass is 16.6. The number of carbonyl (C=O) groups is 2. The molecule has 1 amide bonds. The molecule has 2 heterocycles. The largest absolute Gasteiger partial charge is 0.486 e. The second-order valence-corrected chi connectivity index (χ2v) is 7.53. The average molecular weight is 441 g/mol. The molecule has 0 aromatic heterocycles. The number of ether oxygens (including phenoxy) is 3. The van der Waals surface area contributed by atoms with Gasteiger partial charge in [-0.3, -0.25) is 14.9 Å². The van der Waals surface area contributed by atoms with Gasteiger partial charge in [0, 0.05) is 19.2 Å². The van der Waals surface area contributed by atoms with Gasteiger partial charge in [0.15, 0.2) is 18.1 Å². The maximum Gasteiger partial charge on any atom is 0.338 e. The molecule has 32 heavy (non-hydrogen) atoms. The molecular formula is C22H23N3O7. The number of esters is 1. The van der Waals surface area contributed by atoms with Gasteiger partial charge in [-0.2, -0.15) is 0 Å². The number of nitrogens with zero attached hydrogens (tertiary/aromatic N) is 2. The SMILES string of the molecule is O=C(COC(=O)c1ccc(N2CCCC2)c([N+](=O)[O-])c1)NC[C@H]1COc2ccccc2O1. The number of rotatable bonds is 7. The van der Waals surface area contributed by atoms with Crippen LogP contribution in [0.2, 0.25) is 0 Å². The Morgan fingerprint density at radius 2 is 1.91 bits per heavy atom. The van der Waals surface area contributed by atoms with Gasteiger partial charge in [0.25, 0.3) is 11.6 Å². The molecule has 168 valence electrons. The summed E-state index contributed by atoms with van der Waals surface area (Å²) in [5, 5.41) is 14.1. The van der Waals surface area contributed by atoms with E-state index in [1.165, 1.54) is 12.1 Å². The minimum Gasteiger partial charge on any atom is -0.486 e. The topological polar surface area (TPSA) is 120 Å². The van der Waals surface area contributed by atoms with Crippen molar-refractivity contribution in [3.05, 3.63) is 58.1 Å². The molecular weight excluding hydrogens is 418 g/mol. The summed E-state index contributed by atoms with van der Waals surface area (Å²) in [6.07, 6.45) is 1.58. The van der Waals surface area contributed by atoms with E-state index in [1.807, 2.05) is 17.0 Å². The molecule has 0 radical (unpaired) electrons. The number of hydrogen-bond donors (Lipinski definition) is 1. The molecule has 1 atom stereocenters. The van der Waals surface area contributed by atoms with Gasteiger partial charge in [-0.15, -0.1) is 0 Å². The standard InChI is InChI=1S/C22H23N3O7/c26-21(23-12-16-13-30-19-5-1-2-6-20(19)32-16)14-31-22(27)15-7-8-17(18(11-15)25(28)29)24-9-3-4-10-24/h1-2,5-8,11,16H,3-4,9-10,12-14H2,(H,23,26)/t16-/m0/s1. The number of hydrogen-bond acceptors (Lipinski definition) is 8. The molecule has 2 aliphatic heterocycles. The highest BCUT2D eigenvalue weighted by Crippen LogP contribution is 2.32. The molecule has 10 nitrogen and oxygen atoms in total. The first-order chi connectivity index (χ1) is 15.5. The molecule has 0 spiro atoms. The van der Waals surface area contributed by atoms with Gasteiger partial charge in [0.2, 0.25) is 0 Å². The minimum absolute atomic E-state index is 0.0214. The molecule has 0 bridgehead atoms. The molecule has 1 N–H and O–H groups in total. The van der Waals surface area contributed by atoms with Crippen LogP contribution in [0.3, 0.4) is 0 Å². The average Bonchev–Trinajstić information content (AvgIpc) is 3.35. The Hall–Kier alpha value is -3.82. The number of anilines is 1. The monoisotopic (exact) mass is 441 g/mol. The zero-order valence-electron chi connectivity index (χ0n) is 17.3. The third-order valence-electron chi connectivity index (χ3n) is 5.28. The van der Waals surface area contributed by atoms with Crippen LogP contribution in [0, 0.1) is 10.1 Å². The van der Waals surface area contributed by atoms with Gasteiger partial charge in [-0.05, 0) is 37.1 Å². The van der Waals surface area contributed by atoms with E-state index in [0.29, 0.717) is 17.2 Å². The van der Waals surface area contributed by atoms with Crippen molar-refractivity contribution in [1.29, 1.82) is 0 Å². The fraction of sp³-hybridized carbons (Fsp3) is 0.364. The van der Waals surface area contributed by atoms with Crippen LogP contribution in [0.5, 0.6) is 11.5 Å². The van der Waals surface area contributed by atoms with Crippen LogP contribution in [0.4, 0.5) is 11.4 Å². The first kappa shape index (κ1) is 21.4. The van der Waals surface area contributed by atoms with Crippen molar-refractivity contribution in [2.45, 2.75) is 18.9 Å². The van der Waals surface area contributed by atoms with E-state index in [0.717, 1.165) is 25.9 Å². The lowest BCUT2D eigenvalue weighted by molar-refractivity contribution is -0.384. The number of amides is 1. The van der Waals surface area contributed by atoms with Crippen LogP contribution in [0.25, 0.3) is 0 Å². The first-order valence-electron chi connectivity index (χ1n) is 10.4. The number of carbonyl (C=O) groups excluding carboxylic acids is 2. The van der Waals surface area contributed by atoms with Gasteiger partial charge in [-0.1, -0.05) is 12.1 Å². The molecule has 2 aromatic rings. The summed E-state index contributed by atoms with van der Waals surface area (Å²) < 4.78 is 16.4. The summed E-state index contributed by atoms with van der Waals surface area (Å²) in [6.45, 7) is 1.44. The van der Waals surface area contributed by atoms with Crippen LogP contribution in [0.15, 0.2) is 42.5 Å². The van der Waals surface area contributed by atoms with E-state index in [-0.39, 0.29) is 30.5 Å². The maximum absolute atomic E-state index is 12.3. The minimum atomic E-state index is -0.803. The number of benzene rings is 2. The molecule has 2 aromatic carbocycles. The molecule has 0 unspecified atom stereocenters. The van der Waals surface area contributed by atoms with Gasteiger partial charge < -0.3 is 24.4 Å². The molecule has 4 rings (SSSR count). The lowest BCUT2D eigenvalue weighted by Crippen LogP contribution is -2.42. The first-order valence-corrected chi connectivity index (χ1v) is 10.4. The third kappa shape index (κ3) is 4.90. The van der Waals surface area contributed by atoms with Crippen LogP contribution in [-0.2, 0) is 9.53 Å². The summed E-state index contributed by atoms with van der Waals surface area (Å²) in [5.41, 5.74) is 0.353. The Morgan fingerprint density at radius 3 is 2.66 bits per heavy atom. The van der Waals surface area contributed by atoms with Crippen molar-refractivity contribution in [3.8, 4) is 11.5 Å². The van der Waals surface area contributed by atoms with Crippen molar-refractivity contribution < 1.29 is 28.7 Å². The van der Waals surface area contributed by atoms with Crippen LogP contribution in [0.1, 0.15) is 23.2 Å². The summed E-state index contributed by atoms with van der Waals surface area (Å²) in [6, 6.07) is 11.5. The summed E-state index contributed by atoms with van der Waals surface area (Å²) >= 11 is 0. The van der Waals surface area contributed by atoms with Gasteiger partial charge >= 0.3 is 5.97 Å². The molecule has 1 fully saturated rings. The zero-order valence-corrected chi connectivity index (χ0v) is 17.3. The number of para-hydroxylation sites is 2. The second-order valence-electron chi connectivity index (χ2n) is 7.53. The van der Waals surface area contributed by atoms with Gasteiger partial charge in [-0.25, -0.2) is 4.79 Å². The van der Waals surface area contributed by atoms with Crippen molar-refractivity contribution >= 4 is 23.3 Å². The normalized spacial score (nSPS) is 17.0. The van der Waals surface area contributed by atoms with E-state index < -0.39 is 23.4 Å². The quantitative estimate of drug-likeness (QED) is 0.395. The van der Waals surface area contributed by atoms with Gasteiger partial charge in [0.05, 0.1) is 17.0 Å². The fourth-order valence-electron chi connectivity index (χ4n) is 3.68. The third-order valence-corrected chi connectivity index (χ3v) is 5.28. The summed E-state index contributed by atoms with van der Waals surface area (Å²) in [7, 11) is 0. The summed E-state index contributed by atoms with van der Waals surface area (Å²) in [4.78, 5) is 37.3. The van der Waals surface area contributed by atoms with Crippen molar-refractivity contribution in [1.82, 2.24) is 5.32 Å². The number of nitro groups is 1. The second kappa shape index (κ2) is 9.54. The van der Waals surface area contributed by atoms with Gasteiger partial charge in [0.1, 0.15) is 18.4 Å². The molecule has 10 heteroatoms. The lowest BCUT2D eigenvalue weighted by atomic mass is 10.1. The predicted octanol–water partition coefficient (Wildman–Crippen LogP) is 2.31. The highest BCUT2D eigenvalue weighted by molar-refractivity contribution is 5.93. The highest BCUT2D eigenvalue weighted by Gasteiger charge is 2.25. The zero-order chi connectivity index (χ0) is 22.5. The number of nitrogens with one attached hydrogen (secondary N) is 1. The number of fused-ring (bicyclic) bond motifs is 1. The Morgan fingerprint density at radius 1 is 1.16 bits per heavy atom. The predicted molar refractivity (Wildman–Crippen MR) is 114 cm³/mol. The Bertz CT molecular complexity index is 1020. The van der Waals surface area contributed by atoms with Crippen molar-refractivity contribution in [3.63, 3.8) is 0 Å². The molecule has 0 saturated carbocycles. The smallest absolute Gasteiger partial charge is 0.338 e. The van der Waals surface area contributed by atoms with E-state index in [4.69, 9.17) is 14.2 Å². The van der Waals surface area contributed by atoms with Crippen LogP contribution in [-0.4, -0.2) is 55.8 Å². The van der Waals surface area contributed by atoms with E-state index >= 15 is 0 Å².